The van der Waals surface area contributed by atoms with Crippen molar-refractivity contribution in [3.63, 3.8) is 0 Å². The van der Waals surface area contributed by atoms with Crippen LogP contribution in [0.3, 0.4) is 0 Å². The molecule has 0 aliphatic rings. The Balaban J connectivity index is 2.40. The zero-order chi connectivity index (χ0) is 15.6. The van der Waals surface area contributed by atoms with Gasteiger partial charge in [0.2, 0.25) is 0 Å². The maximum Gasteiger partial charge on any atom is 0.142 e. The predicted molar refractivity (Wildman–Crippen MR) is 84.4 cm³/mol. The van der Waals surface area contributed by atoms with Gasteiger partial charge in [-0.15, -0.1) is 11.6 Å². The van der Waals surface area contributed by atoms with Crippen LogP contribution in [0.15, 0.2) is 34.8 Å². The number of halogens is 5. The molecule has 0 saturated carbocycles. The minimum atomic E-state index is -0.846. The van der Waals surface area contributed by atoms with Crippen molar-refractivity contribution in [3.05, 3.63) is 62.6 Å². The third-order valence-electron chi connectivity index (χ3n) is 2.87. The molecular weight excluding hydrogens is 385 g/mol. The van der Waals surface area contributed by atoms with Gasteiger partial charge in [0.15, 0.2) is 0 Å². The molecule has 0 aromatic heterocycles. The van der Waals surface area contributed by atoms with Crippen molar-refractivity contribution >= 4 is 39.1 Å². The zero-order valence-corrected chi connectivity index (χ0v) is 14.1. The van der Waals surface area contributed by atoms with E-state index in [0.29, 0.717) is 22.4 Å². The summed E-state index contributed by atoms with van der Waals surface area (Å²) >= 11 is 15.2. The van der Waals surface area contributed by atoms with Gasteiger partial charge in [-0.2, -0.15) is 0 Å². The lowest BCUT2D eigenvalue weighted by molar-refractivity contribution is 0.340. The van der Waals surface area contributed by atoms with Gasteiger partial charge in [-0.25, -0.2) is 8.78 Å². The Labute approximate surface area is 140 Å². The summed E-state index contributed by atoms with van der Waals surface area (Å²) in [6.45, 7) is 2.41. The Bertz CT molecular complexity index is 664. The van der Waals surface area contributed by atoms with E-state index in [-0.39, 0.29) is 10.6 Å². The minimum absolute atomic E-state index is 0.0310. The summed E-state index contributed by atoms with van der Waals surface area (Å²) < 4.78 is 33.5. The summed E-state index contributed by atoms with van der Waals surface area (Å²) in [7, 11) is 0. The first-order chi connectivity index (χ1) is 9.93. The molecule has 0 bridgehead atoms. The molecule has 2 aromatic carbocycles. The molecule has 0 radical (unpaired) electrons. The fourth-order valence-corrected chi connectivity index (χ4v) is 3.10. The van der Waals surface area contributed by atoms with E-state index >= 15 is 0 Å². The molecular formula is C15H11BrCl2F2O. The summed E-state index contributed by atoms with van der Waals surface area (Å²) in [6.07, 6.45) is 0. The first kappa shape index (κ1) is 16.5. The third kappa shape index (κ3) is 3.68. The summed E-state index contributed by atoms with van der Waals surface area (Å²) in [4.78, 5) is 0. The van der Waals surface area contributed by atoms with Gasteiger partial charge in [0.1, 0.15) is 17.4 Å². The smallest absolute Gasteiger partial charge is 0.142 e. The number of alkyl halides is 1. The maximum atomic E-state index is 13.9. The Morgan fingerprint density at radius 1 is 1.14 bits per heavy atom. The van der Waals surface area contributed by atoms with E-state index in [1.165, 1.54) is 0 Å². The van der Waals surface area contributed by atoms with Crippen LogP contribution in [0.1, 0.15) is 23.4 Å². The van der Waals surface area contributed by atoms with Crippen LogP contribution in [0, 0.1) is 11.6 Å². The molecule has 0 aliphatic carbocycles. The molecule has 0 saturated heterocycles. The van der Waals surface area contributed by atoms with Crippen LogP contribution in [0.25, 0.3) is 0 Å². The van der Waals surface area contributed by atoms with E-state index in [2.05, 4.69) is 15.9 Å². The summed E-state index contributed by atoms with van der Waals surface area (Å²) in [6, 6.07) is 7.10. The van der Waals surface area contributed by atoms with E-state index in [4.69, 9.17) is 27.9 Å². The lowest BCUT2D eigenvalue weighted by atomic mass is 10.0. The molecule has 0 amide bonds. The Morgan fingerprint density at radius 2 is 1.86 bits per heavy atom. The lowest BCUT2D eigenvalue weighted by Gasteiger charge is -2.15. The Hall–Kier alpha value is -0.840. The molecule has 0 N–H and O–H groups in total. The van der Waals surface area contributed by atoms with Gasteiger partial charge in [-0.3, -0.25) is 0 Å². The number of ether oxygens (including phenoxy) is 1. The van der Waals surface area contributed by atoms with Crippen molar-refractivity contribution in [2.45, 2.75) is 12.3 Å². The van der Waals surface area contributed by atoms with Gasteiger partial charge >= 0.3 is 0 Å². The molecule has 0 fully saturated rings. The maximum absolute atomic E-state index is 13.9. The number of benzene rings is 2. The van der Waals surface area contributed by atoms with Gasteiger partial charge in [0, 0.05) is 10.0 Å². The highest BCUT2D eigenvalue weighted by molar-refractivity contribution is 9.10. The standard InChI is InChI=1S/C15H11BrCl2F2O/c1-2-21-8-3-4-9(11(16)5-8)15(18)10-6-14(20)12(17)7-13(10)19/h3-7,15H,2H2,1H3. The molecule has 0 spiro atoms. The van der Waals surface area contributed by atoms with Crippen LogP contribution in [0.5, 0.6) is 5.75 Å². The van der Waals surface area contributed by atoms with Crippen molar-refractivity contribution in [3.8, 4) is 5.75 Å². The molecule has 2 aromatic rings. The molecule has 1 atom stereocenters. The highest BCUT2D eigenvalue weighted by Crippen LogP contribution is 2.37. The average molecular weight is 396 g/mol. The molecule has 1 unspecified atom stereocenters. The van der Waals surface area contributed by atoms with E-state index in [9.17, 15) is 8.78 Å². The van der Waals surface area contributed by atoms with Gasteiger partial charge in [-0.05, 0) is 36.8 Å². The van der Waals surface area contributed by atoms with Gasteiger partial charge in [0.25, 0.3) is 0 Å². The second kappa shape index (κ2) is 6.95. The highest BCUT2D eigenvalue weighted by Gasteiger charge is 2.20. The first-order valence-corrected chi connectivity index (χ1v) is 7.75. The highest BCUT2D eigenvalue weighted by atomic mass is 79.9. The van der Waals surface area contributed by atoms with E-state index < -0.39 is 17.0 Å². The van der Waals surface area contributed by atoms with E-state index in [1.54, 1.807) is 18.2 Å². The van der Waals surface area contributed by atoms with E-state index in [1.807, 2.05) is 6.92 Å². The summed E-state index contributed by atoms with van der Waals surface area (Å²) in [5.41, 5.74) is 0.643. The molecule has 0 heterocycles. The van der Waals surface area contributed by atoms with Gasteiger partial charge in [-0.1, -0.05) is 33.6 Å². The van der Waals surface area contributed by atoms with Crippen LogP contribution in [-0.4, -0.2) is 6.61 Å². The monoisotopic (exact) mass is 394 g/mol. The van der Waals surface area contributed by atoms with Gasteiger partial charge in [0.05, 0.1) is 17.0 Å². The van der Waals surface area contributed by atoms with Crippen LogP contribution in [-0.2, 0) is 0 Å². The Kier molecular flexibility index (Phi) is 5.47. The van der Waals surface area contributed by atoms with Crippen LogP contribution < -0.4 is 4.74 Å². The normalized spacial score (nSPS) is 12.3. The van der Waals surface area contributed by atoms with Crippen LogP contribution >= 0.6 is 39.1 Å². The van der Waals surface area contributed by atoms with E-state index in [0.717, 1.165) is 12.1 Å². The largest absolute Gasteiger partial charge is 0.494 e. The fourth-order valence-electron chi connectivity index (χ4n) is 1.87. The molecule has 112 valence electrons. The fraction of sp³-hybridized carbons (Fsp3) is 0.200. The number of hydrogen-bond donors (Lipinski definition) is 0. The zero-order valence-electron chi connectivity index (χ0n) is 11.0. The molecule has 2 rings (SSSR count). The van der Waals surface area contributed by atoms with Crippen molar-refractivity contribution in [2.75, 3.05) is 6.61 Å². The topological polar surface area (TPSA) is 9.23 Å². The summed E-state index contributed by atoms with van der Waals surface area (Å²) in [5.74, 6) is -0.692. The lowest BCUT2D eigenvalue weighted by Crippen LogP contribution is -2.00. The van der Waals surface area contributed by atoms with Gasteiger partial charge < -0.3 is 4.74 Å². The van der Waals surface area contributed by atoms with Crippen LogP contribution in [0.4, 0.5) is 8.78 Å². The summed E-state index contributed by atoms with van der Waals surface area (Å²) in [5, 5.41) is -1.12. The van der Waals surface area contributed by atoms with Crippen LogP contribution in [0.2, 0.25) is 5.02 Å². The average Bonchev–Trinajstić information content (AvgIpc) is 2.43. The SMILES string of the molecule is CCOc1ccc(C(Cl)c2cc(F)c(Cl)cc2F)c(Br)c1. The third-order valence-corrected chi connectivity index (χ3v) is 4.32. The second-order valence-electron chi connectivity index (χ2n) is 4.27. The molecule has 21 heavy (non-hydrogen) atoms. The van der Waals surface area contributed by atoms with Crippen molar-refractivity contribution in [2.24, 2.45) is 0 Å². The Morgan fingerprint density at radius 3 is 2.48 bits per heavy atom. The molecule has 6 heteroatoms. The quantitative estimate of drug-likeness (QED) is 0.448. The second-order valence-corrected chi connectivity index (χ2v) is 5.96. The van der Waals surface area contributed by atoms with Crippen molar-refractivity contribution in [1.82, 2.24) is 0 Å². The minimum Gasteiger partial charge on any atom is -0.494 e. The first-order valence-electron chi connectivity index (χ1n) is 6.14. The van der Waals surface area contributed by atoms with Crippen molar-refractivity contribution < 1.29 is 13.5 Å². The number of hydrogen-bond acceptors (Lipinski definition) is 1. The predicted octanol–water partition coefficient (Wildman–Crippen LogP) is 6.11. The van der Waals surface area contributed by atoms with Crippen molar-refractivity contribution in [1.29, 1.82) is 0 Å². The molecule has 1 nitrogen and oxygen atoms in total. The molecule has 0 aliphatic heterocycles. The number of rotatable bonds is 4.